The number of hydrogen-bond donors (Lipinski definition) is 0. The van der Waals surface area contributed by atoms with E-state index in [1.54, 1.807) is 24.4 Å². The smallest absolute Gasteiger partial charge is 0.255 e. The second-order valence-corrected chi connectivity index (χ2v) is 7.98. The van der Waals surface area contributed by atoms with Gasteiger partial charge in [0, 0.05) is 12.2 Å². The zero-order chi connectivity index (χ0) is 21.4. The molecule has 2 aromatic heterocycles. The second-order valence-electron chi connectivity index (χ2n) is 7.98. The molecular weight excluding hydrogens is 391 g/mol. The van der Waals surface area contributed by atoms with E-state index in [-0.39, 0.29) is 17.8 Å². The summed E-state index contributed by atoms with van der Waals surface area (Å²) in [5, 5.41) is 5.01. The zero-order valence-corrected chi connectivity index (χ0v) is 17.3. The molecule has 6 heteroatoms. The molecule has 0 bridgehead atoms. The number of nitrogens with zero attached hydrogens (tertiary/aromatic N) is 4. The lowest BCUT2D eigenvalue weighted by atomic mass is 9.94. The molecule has 3 heterocycles. The van der Waals surface area contributed by atoms with Crippen LogP contribution in [0.5, 0.6) is 0 Å². The first-order chi connectivity index (χ1) is 15.1. The van der Waals surface area contributed by atoms with Crippen molar-refractivity contribution in [3.05, 3.63) is 89.5 Å². The van der Waals surface area contributed by atoms with Crippen LogP contribution in [0.2, 0.25) is 0 Å². The van der Waals surface area contributed by atoms with Crippen LogP contribution < -0.4 is 0 Å². The predicted octanol–water partition coefficient (Wildman–Crippen LogP) is 5.24. The summed E-state index contributed by atoms with van der Waals surface area (Å²) in [6.07, 6.45) is 4.64. The molecule has 1 amide bonds. The average molecular weight is 414 g/mol. The minimum Gasteiger partial charge on any atom is -0.332 e. The molecule has 156 valence electrons. The number of para-hydroxylation sites is 1. The number of amides is 1. The van der Waals surface area contributed by atoms with Gasteiger partial charge in [0.05, 0.1) is 23.2 Å². The topological polar surface area (TPSA) is 51.0 Å². The van der Waals surface area contributed by atoms with Gasteiger partial charge < -0.3 is 4.90 Å². The Morgan fingerprint density at radius 1 is 1.06 bits per heavy atom. The molecule has 5 rings (SSSR count). The SMILES string of the molecule is Cc1cc(C(=O)N2CCCC[C@H]2c2ccccc2)c2cnn(-c3ccccc3F)c2n1. The zero-order valence-electron chi connectivity index (χ0n) is 17.3. The first-order valence-corrected chi connectivity index (χ1v) is 10.6. The highest BCUT2D eigenvalue weighted by Gasteiger charge is 2.30. The van der Waals surface area contributed by atoms with Gasteiger partial charge >= 0.3 is 0 Å². The molecule has 2 aromatic carbocycles. The van der Waals surface area contributed by atoms with Crippen LogP contribution in [0.1, 0.15) is 46.9 Å². The minimum absolute atomic E-state index is 0.0304. The van der Waals surface area contributed by atoms with Crippen molar-refractivity contribution in [3.63, 3.8) is 0 Å². The van der Waals surface area contributed by atoms with Crippen LogP contribution in [-0.2, 0) is 0 Å². The molecule has 5 nitrogen and oxygen atoms in total. The Labute approximate surface area is 180 Å². The number of hydrogen-bond acceptors (Lipinski definition) is 3. The van der Waals surface area contributed by atoms with Gasteiger partial charge in [-0.1, -0.05) is 42.5 Å². The number of pyridine rings is 1. The van der Waals surface area contributed by atoms with E-state index in [0.717, 1.165) is 24.8 Å². The summed E-state index contributed by atoms with van der Waals surface area (Å²) in [6, 6.07) is 18.5. The van der Waals surface area contributed by atoms with Gasteiger partial charge in [-0.2, -0.15) is 5.10 Å². The fraction of sp³-hybridized carbons (Fsp3) is 0.240. The first-order valence-electron chi connectivity index (χ1n) is 10.6. The van der Waals surface area contributed by atoms with Crippen LogP contribution in [-0.4, -0.2) is 32.1 Å². The third-order valence-corrected chi connectivity index (χ3v) is 5.93. The van der Waals surface area contributed by atoms with Gasteiger partial charge in [-0.05, 0) is 49.9 Å². The van der Waals surface area contributed by atoms with Crippen LogP contribution in [0, 0.1) is 12.7 Å². The fourth-order valence-electron chi connectivity index (χ4n) is 4.45. The molecule has 0 spiro atoms. The van der Waals surface area contributed by atoms with Crippen molar-refractivity contribution in [1.29, 1.82) is 0 Å². The summed E-state index contributed by atoms with van der Waals surface area (Å²) in [5.41, 5.74) is 3.21. The lowest BCUT2D eigenvalue weighted by molar-refractivity contribution is 0.0613. The molecule has 1 aliphatic heterocycles. The third-order valence-electron chi connectivity index (χ3n) is 5.93. The number of halogens is 1. The number of carbonyl (C=O) groups excluding carboxylic acids is 1. The summed E-state index contributed by atoms with van der Waals surface area (Å²) in [4.78, 5) is 20.3. The number of aromatic nitrogens is 3. The normalized spacial score (nSPS) is 16.6. The predicted molar refractivity (Wildman–Crippen MR) is 118 cm³/mol. The van der Waals surface area contributed by atoms with E-state index in [9.17, 15) is 9.18 Å². The van der Waals surface area contributed by atoms with Crippen molar-refractivity contribution in [2.24, 2.45) is 0 Å². The molecule has 0 unspecified atom stereocenters. The van der Waals surface area contributed by atoms with E-state index >= 15 is 0 Å². The number of benzene rings is 2. The molecule has 1 aliphatic rings. The standard InChI is InChI=1S/C25H23FN4O/c1-17-15-19(20-16-27-30(24(20)28-17)23-13-6-5-11-21(23)26)25(31)29-14-8-7-12-22(29)18-9-3-2-4-10-18/h2-6,9-11,13,15-16,22H,7-8,12,14H2,1H3/t22-/m0/s1. The molecule has 0 radical (unpaired) electrons. The Hall–Kier alpha value is -3.54. The van der Waals surface area contributed by atoms with E-state index in [1.807, 2.05) is 36.1 Å². The van der Waals surface area contributed by atoms with Gasteiger partial charge in [-0.3, -0.25) is 4.79 Å². The number of carbonyl (C=O) groups is 1. The first kappa shape index (κ1) is 19.4. The van der Waals surface area contributed by atoms with Crippen LogP contribution in [0.3, 0.4) is 0 Å². The highest BCUT2D eigenvalue weighted by Crippen LogP contribution is 2.33. The summed E-state index contributed by atoms with van der Waals surface area (Å²) in [5.74, 6) is -0.416. The second kappa shape index (κ2) is 7.95. The van der Waals surface area contributed by atoms with Gasteiger partial charge in [-0.15, -0.1) is 0 Å². The summed E-state index contributed by atoms with van der Waals surface area (Å²) in [7, 11) is 0. The minimum atomic E-state index is -0.385. The fourth-order valence-corrected chi connectivity index (χ4v) is 4.45. The highest BCUT2D eigenvalue weighted by atomic mass is 19.1. The van der Waals surface area contributed by atoms with Crippen molar-refractivity contribution in [2.45, 2.75) is 32.2 Å². The summed E-state index contributed by atoms with van der Waals surface area (Å²) < 4.78 is 15.9. The van der Waals surface area contributed by atoms with Gasteiger partial charge in [-0.25, -0.2) is 14.1 Å². The van der Waals surface area contributed by atoms with Gasteiger partial charge in [0.1, 0.15) is 11.5 Å². The van der Waals surface area contributed by atoms with Crippen molar-refractivity contribution < 1.29 is 9.18 Å². The summed E-state index contributed by atoms with van der Waals surface area (Å²) in [6.45, 7) is 2.56. The number of rotatable bonds is 3. The molecule has 4 aromatic rings. The molecule has 31 heavy (non-hydrogen) atoms. The molecule has 1 atom stereocenters. The molecule has 0 N–H and O–H groups in total. The quantitative estimate of drug-likeness (QED) is 0.461. The Bertz CT molecular complexity index is 1250. The molecule has 1 saturated heterocycles. The van der Waals surface area contributed by atoms with Crippen LogP contribution in [0.25, 0.3) is 16.7 Å². The molecule has 1 fully saturated rings. The third kappa shape index (κ3) is 3.48. The monoisotopic (exact) mass is 414 g/mol. The van der Waals surface area contributed by atoms with E-state index in [0.29, 0.717) is 34.5 Å². The van der Waals surface area contributed by atoms with E-state index in [1.165, 1.54) is 10.7 Å². The molecule has 0 saturated carbocycles. The Kier molecular flexibility index (Phi) is 4.98. The maximum atomic E-state index is 14.4. The van der Waals surface area contributed by atoms with Crippen LogP contribution >= 0.6 is 0 Å². The Balaban J connectivity index is 1.60. The Morgan fingerprint density at radius 3 is 2.65 bits per heavy atom. The van der Waals surface area contributed by atoms with Gasteiger partial charge in [0.25, 0.3) is 5.91 Å². The van der Waals surface area contributed by atoms with Crippen molar-refractivity contribution >= 4 is 16.9 Å². The van der Waals surface area contributed by atoms with Gasteiger partial charge in [0.15, 0.2) is 5.65 Å². The maximum Gasteiger partial charge on any atom is 0.255 e. The molecular formula is C25H23FN4O. The van der Waals surface area contributed by atoms with E-state index in [2.05, 4.69) is 22.2 Å². The number of likely N-dealkylation sites (tertiary alicyclic amines) is 1. The maximum absolute atomic E-state index is 14.4. The van der Waals surface area contributed by atoms with Crippen LogP contribution in [0.15, 0.2) is 66.9 Å². The number of piperidine rings is 1. The number of aryl methyl sites for hydroxylation is 1. The van der Waals surface area contributed by atoms with Crippen molar-refractivity contribution in [3.8, 4) is 5.69 Å². The van der Waals surface area contributed by atoms with Crippen molar-refractivity contribution in [2.75, 3.05) is 6.54 Å². The van der Waals surface area contributed by atoms with Crippen molar-refractivity contribution in [1.82, 2.24) is 19.7 Å². The lowest BCUT2D eigenvalue weighted by Gasteiger charge is -2.36. The van der Waals surface area contributed by atoms with E-state index in [4.69, 9.17) is 0 Å². The largest absolute Gasteiger partial charge is 0.332 e. The van der Waals surface area contributed by atoms with Gasteiger partial charge in [0.2, 0.25) is 0 Å². The number of fused-ring (bicyclic) bond motifs is 1. The highest BCUT2D eigenvalue weighted by molar-refractivity contribution is 6.06. The molecule has 0 aliphatic carbocycles. The van der Waals surface area contributed by atoms with E-state index < -0.39 is 0 Å². The summed E-state index contributed by atoms with van der Waals surface area (Å²) >= 11 is 0. The Morgan fingerprint density at radius 2 is 1.84 bits per heavy atom. The van der Waals surface area contributed by atoms with Crippen LogP contribution in [0.4, 0.5) is 4.39 Å². The average Bonchev–Trinajstić information content (AvgIpc) is 3.22. The lowest BCUT2D eigenvalue weighted by Crippen LogP contribution is -2.38.